The number of carbonyl (C=O) groups is 1. The molecule has 0 atom stereocenters. The molecule has 2 aromatic heterocycles. The van der Waals surface area contributed by atoms with Crippen LogP contribution in [0.2, 0.25) is 0 Å². The summed E-state index contributed by atoms with van der Waals surface area (Å²) in [6.07, 6.45) is 0.754. The van der Waals surface area contributed by atoms with Gasteiger partial charge < -0.3 is 4.74 Å². The van der Waals surface area contributed by atoms with Crippen LogP contribution in [0.25, 0.3) is 10.8 Å². The molecule has 1 aliphatic heterocycles. The van der Waals surface area contributed by atoms with Gasteiger partial charge >= 0.3 is 0 Å². The Morgan fingerprint density at radius 2 is 2.00 bits per heavy atom. The first-order valence-electron chi connectivity index (χ1n) is 9.71. The number of anilines is 1. The highest BCUT2D eigenvalue weighted by Crippen LogP contribution is 2.20. The summed E-state index contributed by atoms with van der Waals surface area (Å²) in [5.74, 6) is -0.363. The fourth-order valence-electron chi connectivity index (χ4n) is 3.35. The Morgan fingerprint density at radius 1 is 1.24 bits per heavy atom. The first kappa shape index (κ1) is 19.7. The Kier molecular flexibility index (Phi) is 5.98. The second-order valence-electron chi connectivity index (χ2n) is 6.91. The summed E-state index contributed by atoms with van der Waals surface area (Å²) in [6, 6.07) is 7.07. The zero-order chi connectivity index (χ0) is 20.2. The highest BCUT2D eigenvalue weighted by molar-refractivity contribution is 7.14. The van der Waals surface area contributed by atoms with E-state index in [9.17, 15) is 9.59 Å². The molecule has 1 fully saturated rings. The summed E-state index contributed by atoms with van der Waals surface area (Å²) in [4.78, 5) is 32.3. The minimum atomic E-state index is -0.363. The van der Waals surface area contributed by atoms with Crippen molar-refractivity contribution in [2.24, 2.45) is 0 Å². The Labute approximate surface area is 172 Å². The largest absolute Gasteiger partial charge is 0.379 e. The van der Waals surface area contributed by atoms with E-state index in [-0.39, 0.29) is 17.2 Å². The molecule has 1 aromatic carbocycles. The molecule has 8 nitrogen and oxygen atoms in total. The van der Waals surface area contributed by atoms with Gasteiger partial charge in [0.15, 0.2) is 10.8 Å². The van der Waals surface area contributed by atoms with Crippen molar-refractivity contribution in [2.75, 3.05) is 31.6 Å². The molecule has 0 unspecified atom stereocenters. The fourth-order valence-corrected chi connectivity index (χ4v) is 4.04. The van der Waals surface area contributed by atoms with Gasteiger partial charge in [0.1, 0.15) is 0 Å². The molecule has 0 saturated carbocycles. The number of benzene rings is 1. The first-order chi connectivity index (χ1) is 14.2. The van der Waals surface area contributed by atoms with Crippen LogP contribution in [0.15, 0.2) is 34.4 Å². The van der Waals surface area contributed by atoms with Gasteiger partial charge in [-0.2, -0.15) is 5.10 Å². The molecule has 0 bridgehead atoms. The van der Waals surface area contributed by atoms with Gasteiger partial charge in [-0.05, 0) is 12.5 Å². The van der Waals surface area contributed by atoms with E-state index in [0.717, 1.165) is 45.0 Å². The molecule has 0 aliphatic carbocycles. The number of hydrogen-bond donors (Lipinski definition) is 1. The van der Waals surface area contributed by atoms with Gasteiger partial charge in [0.25, 0.3) is 11.5 Å². The summed E-state index contributed by atoms with van der Waals surface area (Å²) in [6.45, 7) is 6.40. The molecule has 1 aliphatic rings. The van der Waals surface area contributed by atoms with Gasteiger partial charge in [0.05, 0.1) is 24.3 Å². The van der Waals surface area contributed by atoms with E-state index in [0.29, 0.717) is 22.4 Å². The predicted molar refractivity (Wildman–Crippen MR) is 112 cm³/mol. The minimum absolute atomic E-state index is 0.180. The Morgan fingerprint density at radius 3 is 2.76 bits per heavy atom. The predicted octanol–water partition coefficient (Wildman–Crippen LogP) is 2.35. The molecule has 29 heavy (non-hydrogen) atoms. The maximum atomic E-state index is 12.9. The molecule has 1 saturated heterocycles. The number of hydrogen-bond acceptors (Lipinski definition) is 7. The van der Waals surface area contributed by atoms with E-state index in [1.807, 2.05) is 12.3 Å². The van der Waals surface area contributed by atoms with Crippen LogP contribution in [0.5, 0.6) is 0 Å². The molecule has 1 amide bonds. The smallest absolute Gasteiger partial charge is 0.278 e. The zero-order valence-electron chi connectivity index (χ0n) is 16.3. The van der Waals surface area contributed by atoms with Crippen LogP contribution in [-0.2, 0) is 17.8 Å². The third-order valence-corrected chi connectivity index (χ3v) is 5.59. The van der Waals surface area contributed by atoms with Crippen LogP contribution in [0.4, 0.5) is 5.13 Å². The molecular weight excluding hydrogens is 390 g/mol. The van der Waals surface area contributed by atoms with E-state index in [1.165, 1.54) is 16.0 Å². The van der Waals surface area contributed by atoms with Crippen molar-refractivity contribution in [3.63, 3.8) is 0 Å². The summed E-state index contributed by atoms with van der Waals surface area (Å²) in [7, 11) is 0. The Hall–Kier alpha value is -2.62. The van der Waals surface area contributed by atoms with E-state index in [1.54, 1.807) is 24.3 Å². The lowest BCUT2D eigenvalue weighted by Gasteiger charge is -2.25. The normalized spacial score (nSPS) is 14.9. The molecule has 9 heteroatoms. The summed E-state index contributed by atoms with van der Waals surface area (Å²) < 4.78 is 6.73. The summed E-state index contributed by atoms with van der Waals surface area (Å²) in [5.41, 5.74) is 0.973. The number of thiazole rings is 1. The van der Waals surface area contributed by atoms with E-state index in [2.05, 4.69) is 20.3 Å². The van der Waals surface area contributed by atoms with Crippen LogP contribution >= 0.6 is 11.3 Å². The lowest BCUT2D eigenvalue weighted by atomic mass is 10.1. The molecule has 3 aromatic rings. The number of fused-ring (bicyclic) bond motifs is 1. The molecule has 1 N–H and O–H groups in total. The second-order valence-corrected chi connectivity index (χ2v) is 7.77. The number of nitrogens with zero attached hydrogens (tertiary/aromatic N) is 4. The molecule has 0 radical (unpaired) electrons. The summed E-state index contributed by atoms with van der Waals surface area (Å²) in [5, 5.41) is 10.7. The molecule has 4 rings (SSSR count). The average molecular weight is 414 g/mol. The van der Waals surface area contributed by atoms with Crippen molar-refractivity contribution >= 4 is 33.1 Å². The molecular formula is C20H23N5O3S. The van der Waals surface area contributed by atoms with Crippen molar-refractivity contribution in [3.8, 4) is 0 Å². The van der Waals surface area contributed by atoms with Crippen molar-refractivity contribution < 1.29 is 9.53 Å². The lowest BCUT2D eigenvalue weighted by Crippen LogP contribution is -2.35. The zero-order valence-corrected chi connectivity index (χ0v) is 17.1. The van der Waals surface area contributed by atoms with Gasteiger partial charge in [0.2, 0.25) is 0 Å². The maximum absolute atomic E-state index is 12.9. The van der Waals surface area contributed by atoms with E-state index < -0.39 is 0 Å². The number of carbonyl (C=O) groups excluding carboxylic acids is 1. The number of amides is 1. The number of aromatic nitrogens is 3. The minimum Gasteiger partial charge on any atom is -0.379 e. The second kappa shape index (κ2) is 8.81. The van der Waals surface area contributed by atoms with Crippen molar-refractivity contribution in [3.05, 3.63) is 51.4 Å². The van der Waals surface area contributed by atoms with Crippen molar-refractivity contribution in [1.29, 1.82) is 0 Å². The maximum Gasteiger partial charge on any atom is 0.278 e. The highest BCUT2D eigenvalue weighted by atomic mass is 32.1. The van der Waals surface area contributed by atoms with Crippen LogP contribution in [0.1, 0.15) is 29.5 Å². The topological polar surface area (TPSA) is 89.3 Å². The van der Waals surface area contributed by atoms with Crippen LogP contribution in [-0.4, -0.2) is 51.9 Å². The Balaban J connectivity index is 1.56. The van der Waals surface area contributed by atoms with Gasteiger partial charge in [-0.25, -0.2) is 9.67 Å². The average Bonchev–Trinajstić information content (AvgIpc) is 3.17. The number of morpholine rings is 1. The first-order valence-corrected chi connectivity index (χ1v) is 10.6. The third-order valence-electron chi connectivity index (χ3n) is 4.78. The van der Waals surface area contributed by atoms with E-state index >= 15 is 0 Å². The number of aryl methyl sites for hydroxylation is 1. The lowest BCUT2D eigenvalue weighted by molar-refractivity contribution is 0.0337. The molecule has 3 heterocycles. The van der Waals surface area contributed by atoms with Gasteiger partial charge in [0, 0.05) is 36.9 Å². The van der Waals surface area contributed by atoms with Crippen LogP contribution in [0, 0.1) is 0 Å². The van der Waals surface area contributed by atoms with Gasteiger partial charge in [-0.3, -0.25) is 19.8 Å². The Bertz CT molecular complexity index is 1070. The van der Waals surface area contributed by atoms with Crippen molar-refractivity contribution in [2.45, 2.75) is 26.4 Å². The number of nitrogens with one attached hydrogen (secondary N) is 1. The van der Waals surface area contributed by atoms with Crippen LogP contribution in [0.3, 0.4) is 0 Å². The quantitative estimate of drug-likeness (QED) is 0.667. The number of ether oxygens (including phenoxy) is 1. The standard InChI is InChI=1S/C20H23N5O3S/c1-2-7-25-19(27)16-6-4-3-5-15(16)17(23-25)18(26)22-20-21-14(13-29-20)12-24-8-10-28-11-9-24/h3-6,13H,2,7-12H2,1H3,(H,21,22,26). The molecule has 152 valence electrons. The fraction of sp³-hybridized carbons (Fsp3) is 0.400. The van der Waals surface area contributed by atoms with Gasteiger partial charge in [-0.15, -0.1) is 11.3 Å². The number of rotatable bonds is 6. The van der Waals surface area contributed by atoms with Crippen molar-refractivity contribution in [1.82, 2.24) is 19.7 Å². The third kappa shape index (κ3) is 4.36. The molecule has 0 spiro atoms. The summed E-state index contributed by atoms with van der Waals surface area (Å²) >= 11 is 1.39. The van der Waals surface area contributed by atoms with E-state index in [4.69, 9.17) is 4.74 Å². The monoisotopic (exact) mass is 413 g/mol. The highest BCUT2D eigenvalue weighted by Gasteiger charge is 2.18. The van der Waals surface area contributed by atoms with Gasteiger partial charge in [-0.1, -0.05) is 25.1 Å². The van der Waals surface area contributed by atoms with Crippen LogP contribution < -0.4 is 10.9 Å². The SMILES string of the molecule is CCCn1nc(C(=O)Nc2nc(CN3CCOCC3)cs2)c2ccccc2c1=O.